The molecular formula is C18H21N5S. The Morgan fingerprint density at radius 1 is 1.25 bits per heavy atom. The molecule has 0 fully saturated rings. The van der Waals surface area contributed by atoms with Crippen molar-refractivity contribution in [1.29, 1.82) is 0 Å². The summed E-state index contributed by atoms with van der Waals surface area (Å²) in [6.07, 6.45) is 2.21. The first-order valence-corrected chi connectivity index (χ1v) is 9.27. The second kappa shape index (κ2) is 6.83. The number of aryl methyl sites for hydroxylation is 2. The Morgan fingerprint density at radius 3 is 3.00 bits per heavy atom. The molecule has 4 rings (SSSR count). The molecule has 1 aromatic carbocycles. The number of rotatable bonds is 5. The van der Waals surface area contributed by atoms with Crippen LogP contribution in [-0.4, -0.2) is 26.3 Å². The Balaban J connectivity index is 1.31. The first kappa shape index (κ1) is 15.5. The number of thiazole rings is 1. The molecule has 0 spiro atoms. The summed E-state index contributed by atoms with van der Waals surface area (Å²) >= 11 is 1.72. The molecular weight excluding hydrogens is 318 g/mol. The van der Waals surface area contributed by atoms with Crippen LogP contribution in [0.2, 0.25) is 0 Å². The van der Waals surface area contributed by atoms with Gasteiger partial charge in [-0.3, -0.25) is 0 Å². The molecule has 0 saturated heterocycles. The van der Waals surface area contributed by atoms with E-state index in [2.05, 4.69) is 49.7 Å². The molecule has 0 aliphatic carbocycles. The highest BCUT2D eigenvalue weighted by atomic mass is 32.1. The zero-order valence-corrected chi connectivity index (χ0v) is 14.6. The standard InChI is InChI=1S/C18H21N5S/c1-13-21-22-17-8-7-14(11-23(13)17)9-19-10-18-20-16(12-24-18)15-5-3-2-4-6-15/h2-6,12,14,19H,7-11H2,1H3/t14-/m0/s1. The molecule has 24 heavy (non-hydrogen) atoms. The highest BCUT2D eigenvalue weighted by Gasteiger charge is 2.21. The fourth-order valence-corrected chi connectivity index (χ4v) is 3.99. The van der Waals surface area contributed by atoms with Gasteiger partial charge in [-0.25, -0.2) is 4.98 Å². The minimum atomic E-state index is 0.640. The van der Waals surface area contributed by atoms with Crippen molar-refractivity contribution in [2.75, 3.05) is 6.54 Å². The third kappa shape index (κ3) is 3.25. The van der Waals surface area contributed by atoms with Gasteiger partial charge in [0.05, 0.1) is 5.69 Å². The predicted molar refractivity (Wildman–Crippen MR) is 95.8 cm³/mol. The normalized spacial score (nSPS) is 17.0. The first-order valence-electron chi connectivity index (χ1n) is 8.39. The van der Waals surface area contributed by atoms with E-state index < -0.39 is 0 Å². The average molecular weight is 339 g/mol. The maximum atomic E-state index is 4.74. The zero-order valence-electron chi connectivity index (χ0n) is 13.8. The van der Waals surface area contributed by atoms with Gasteiger partial charge in [0.2, 0.25) is 0 Å². The molecule has 1 aliphatic heterocycles. The number of fused-ring (bicyclic) bond motifs is 1. The largest absolute Gasteiger partial charge is 0.315 e. The molecule has 6 heteroatoms. The number of hydrogen-bond donors (Lipinski definition) is 1. The van der Waals surface area contributed by atoms with Crippen LogP contribution in [0.3, 0.4) is 0 Å². The van der Waals surface area contributed by atoms with Gasteiger partial charge in [0, 0.05) is 37.0 Å². The molecule has 0 amide bonds. The number of aromatic nitrogens is 4. The molecule has 1 N–H and O–H groups in total. The maximum Gasteiger partial charge on any atom is 0.133 e. The molecule has 0 unspecified atom stereocenters. The Labute approximate surface area is 145 Å². The van der Waals surface area contributed by atoms with Crippen molar-refractivity contribution in [2.45, 2.75) is 32.9 Å². The van der Waals surface area contributed by atoms with Crippen LogP contribution in [0.5, 0.6) is 0 Å². The van der Waals surface area contributed by atoms with Crippen molar-refractivity contribution in [1.82, 2.24) is 25.1 Å². The highest BCUT2D eigenvalue weighted by molar-refractivity contribution is 7.09. The van der Waals surface area contributed by atoms with E-state index in [4.69, 9.17) is 4.98 Å². The van der Waals surface area contributed by atoms with E-state index in [1.54, 1.807) is 11.3 Å². The SMILES string of the molecule is Cc1nnc2n1C[C@H](CNCc1nc(-c3ccccc3)cs1)CC2. The van der Waals surface area contributed by atoms with Gasteiger partial charge >= 0.3 is 0 Å². The van der Waals surface area contributed by atoms with Crippen LogP contribution < -0.4 is 5.32 Å². The summed E-state index contributed by atoms with van der Waals surface area (Å²) in [5.74, 6) is 2.80. The van der Waals surface area contributed by atoms with Gasteiger partial charge in [-0.15, -0.1) is 21.5 Å². The van der Waals surface area contributed by atoms with Crippen LogP contribution in [0.1, 0.15) is 23.1 Å². The molecule has 0 radical (unpaired) electrons. The summed E-state index contributed by atoms with van der Waals surface area (Å²) in [6, 6.07) is 10.3. The lowest BCUT2D eigenvalue weighted by Gasteiger charge is -2.24. The fourth-order valence-electron chi connectivity index (χ4n) is 3.21. The third-order valence-corrected chi connectivity index (χ3v) is 5.41. The number of nitrogens with one attached hydrogen (secondary N) is 1. The molecule has 124 valence electrons. The monoisotopic (exact) mass is 339 g/mol. The lowest BCUT2D eigenvalue weighted by Crippen LogP contribution is -2.30. The smallest absolute Gasteiger partial charge is 0.133 e. The summed E-state index contributed by atoms with van der Waals surface area (Å²) in [7, 11) is 0. The molecule has 1 aliphatic rings. The van der Waals surface area contributed by atoms with Gasteiger partial charge in [-0.1, -0.05) is 30.3 Å². The van der Waals surface area contributed by atoms with Crippen LogP contribution in [0, 0.1) is 12.8 Å². The van der Waals surface area contributed by atoms with Crippen molar-refractivity contribution in [3.63, 3.8) is 0 Å². The van der Waals surface area contributed by atoms with E-state index in [9.17, 15) is 0 Å². The van der Waals surface area contributed by atoms with Gasteiger partial charge < -0.3 is 9.88 Å². The molecule has 3 aromatic rings. The van der Waals surface area contributed by atoms with Crippen LogP contribution in [0.15, 0.2) is 35.7 Å². The van der Waals surface area contributed by atoms with Gasteiger partial charge in [0.25, 0.3) is 0 Å². The average Bonchev–Trinajstić information content (AvgIpc) is 3.23. The lowest BCUT2D eigenvalue weighted by atomic mass is 9.99. The fraction of sp³-hybridized carbons (Fsp3) is 0.389. The molecule has 0 bridgehead atoms. The second-order valence-electron chi connectivity index (χ2n) is 6.30. The number of benzene rings is 1. The van der Waals surface area contributed by atoms with Gasteiger partial charge in [0.15, 0.2) is 0 Å². The predicted octanol–water partition coefficient (Wildman–Crippen LogP) is 3.06. The number of nitrogens with zero attached hydrogens (tertiary/aromatic N) is 4. The summed E-state index contributed by atoms with van der Waals surface area (Å²) < 4.78 is 2.26. The summed E-state index contributed by atoms with van der Waals surface area (Å²) in [5.41, 5.74) is 2.25. The van der Waals surface area contributed by atoms with Crippen molar-refractivity contribution < 1.29 is 0 Å². The van der Waals surface area contributed by atoms with Gasteiger partial charge in [0.1, 0.15) is 16.7 Å². The summed E-state index contributed by atoms with van der Waals surface area (Å²) in [4.78, 5) is 4.74. The molecule has 1 atom stereocenters. The van der Waals surface area contributed by atoms with Crippen molar-refractivity contribution in [2.24, 2.45) is 5.92 Å². The van der Waals surface area contributed by atoms with Crippen LogP contribution in [0.25, 0.3) is 11.3 Å². The van der Waals surface area contributed by atoms with E-state index >= 15 is 0 Å². The number of hydrogen-bond acceptors (Lipinski definition) is 5. The quantitative estimate of drug-likeness (QED) is 0.776. The Morgan fingerprint density at radius 2 is 2.12 bits per heavy atom. The minimum Gasteiger partial charge on any atom is -0.315 e. The van der Waals surface area contributed by atoms with Crippen LogP contribution in [-0.2, 0) is 19.5 Å². The van der Waals surface area contributed by atoms with E-state index in [0.717, 1.165) is 48.4 Å². The molecule has 0 saturated carbocycles. The molecule has 2 aromatic heterocycles. The lowest BCUT2D eigenvalue weighted by molar-refractivity contribution is 0.344. The van der Waals surface area contributed by atoms with E-state index in [1.807, 2.05) is 13.0 Å². The zero-order chi connectivity index (χ0) is 16.4. The summed E-state index contributed by atoms with van der Waals surface area (Å²) in [5, 5.41) is 15.3. The van der Waals surface area contributed by atoms with E-state index in [1.165, 1.54) is 12.0 Å². The van der Waals surface area contributed by atoms with E-state index in [-0.39, 0.29) is 0 Å². The maximum absolute atomic E-state index is 4.74. The third-order valence-electron chi connectivity index (χ3n) is 4.56. The highest BCUT2D eigenvalue weighted by Crippen LogP contribution is 2.22. The second-order valence-corrected chi connectivity index (χ2v) is 7.24. The van der Waals surface area contributed by atoms with Crippen LogP contribution >= 0.6 is 11.3 Å². The first-order chi connectivity index (χ1) is 11.8. The van der Waals surface area contributed by atoms with Crippen LogP contribution in [0.4, 0.5) is 0 Å². The minimum absolute atomic E-state index is 0.640. The summed E-state index contributed by atoms with van der Waals surface area (Å²) in [6.45, 7) is 4.90. The Kier molecular flexibility index (Phi) is 4.40. The Hall–Kier alpha value is -2.05. The topological polar surface area (TPSA) is 55.6 Å². The van der Waals surface area contributed by atoms with Crippen molar-refractivity contribution in [3.8, 4) is 11.3 Å². The van der Waals surface area contributed by atoms with Gasteiger partial charge in [-0.2, -0.15) is 0 Å². The van der Waals surface area contributed by atoms with Crippen molar-refractivity contribution in [3.05, 3.63) is 52.4 Å². The molecule has 3 heterocycles. The van der Waals surface area contributed by atoms with Crippen molar-refractivity contribution >= 4 is 11.3 Å². The van der Waals surface area contributed by atoms with Gasteiger partial charge in [-0.05, 0) is 19.3 Å². The Bertz CT molecular complexity index is 808. The molecule has 5 nitrogen and oxygen atoms in total. The van der Waals surface area contributed by atoms with E-state index in [0.29, 0.717) is 5.92 Å².